The molecule has 3 nitrogen and oxygen atoms in total. The van der Waals surface area contributed by atoms with E-state index in [1.54, 1.807) is 0 Å². The molecule has 1 unspecified atom stereocenters. The molecule has 0 bridgehead atoms. The van der Waals surface area contributed by atoms with Crippen LogP contribution in [-0.2, 0) is 4.79 Å². The van der Waals surface area contributed by atoms with E-state index in [0.29, 0.717) is 12.6 Å². The van der Waals surface area contributed by atoms with E-state index in [2.05, 4.69) is 23.5 Å². The Morgan fingerprint density at radius 2 is 2.36 bits per heavy atom. The van der Waals surface area contributed by atoms with Crippen molar-refractivity contribution in [3.05, 3.63) is 0 Å². The van der Waals surface area contributed by atoms with E-state index in [4.69, 9.17) is 6.42 Å². The topological polar surface area (TPSA) is 41.1 Å². The zero-order valence-electron chi connectivity index (χ0n) is 8.68. The second kappa shape index (κ2) is 5.66. The maximum absolute atomic E-state index is 11.4. The van der Waals surface area contributed by atoms with Crippen LogP contribution in [-0.4, -0.2) is 24.5 Å². The minimum atomic E-state index is -0.103. The van der Waals surface area contributed by atoms with Gasteiger partial charge in [-0.2, -0.15) is 0 Å². The van der Waals surface area contributed by atoms with E-state index >= 15 is 0 Å². The van der Waals surface area contributed by atoms with Gasteiger partial charge in [0.05, 0.1) is 12.6 Å². The predicted octanol–water partition coefficient (Wildman–Crippen LogP) is 0.656. The predicted molar refractivity (Wildman–Crippen MR) is 56.7 cm³/mol. The number of carbonyl (C=O) groups is 1. The molecule has 2 N–H and O–H groups in total. The molecule has 1 saturated carbocycles. The van der Waals surface area contributed by atoms with E-state index in [-0.39, 0.29) is 11.9 Å². The second-order valence-corrected chi connectivity index (χ2v) is 3.73. The molecule has 0 aromatic heterocycles. The summed E-state index contributed by atoms with van der Waals surface area (Å²) in [6.07, 6.45) is 9.52. The van der Waals surface area contributed by atoms with Gasteiger partial charge >= 0.3 is 0 Å². The molecule has 0 aromatic carbocycles. The maximum atomic E-state index is 11.4. The highest BCUT2D eigenvalue weighted by molar-refractivity contribution is 5.78. The Bertz CT molecular complexity index is 228. The molecule has 0 radical (unpaired) electrons. The first kappa shape index (κ1) is 11.1. The summed E-state index contributed by atoms with van der Waals surface area (Å²) >= 11 is 0. The van der Waals surface area contributed by atoms with Gasteiger partial charge < -0.3 is 10.6 Å². The minimum Gasteiger partial charge on any atom is -0.341 e. The van der Waals surface area contributed by atoms with E-state index in [9.17, 15) is 4.79 Å². The fraction of sp³-hybridized carbons (Fsp3) is 0.727. The first-order valence-corrected chi connectivity index (χ1v) is 5.25. The summed E-state index contributed by atoms with van der Waals surface area (Å²) in [5.41, 5.74) is 0. The molecule has 0 heterocycles. The largest absolute Gasteiger partial charge is 0.341 e. The quantitative estimate of drug-likeness (QED) is 0.610. The highest BCUT2D eigenvalue weighted by Crippen LogP contribution is 2.17. The molecule has 1 aliphatic carbocycles. The van der Waals surface area contributed by atoms with Crippen LogP contribution in [0.1, 0.15) is 32.6 Å². The molecule has 78 valence electrons. The summed E-state index contributed by atoms with van der Waals surface area (Å²) in [4.78, 5) is 11.4. The van der Waals surface area contributed by atoms with Crippen molar-refractivity contribution in [1.29, 1.82) is 0 Å². The molecule has 1 rings (SSSR count). The molecule has 1 aliphatic rings. The van der Waals surface area contributed by atoms with Crippen LogP contribution in [0.2, 0.25) is 0 Å². The van der Waals surface area contributed by atoms with Crippen molar-refractivity contribution < 1.29 is 4.79 Å². The molecular formula is C11H18N2O. The number of hydrogen-bond donors (Lipinski definition) is 2. The Kier molecular flexibility index (Phi) is 4.48. The van der Waals surface area contributed by atoms with Crippen molar-refractivity contribution in [2.24, 2.45) is 0 Å². The lowest BCUT2D eigenvalue weighted by atomic mass is 10.2. The van der Waals surface area contributed by atoms with E-state index in [1.807, 2.05) is 0 Å². The molecule has 0 saturated heterocycles. The lowest BCUT2D eigenvalue weighted by Crippen LogP contribution is -2.40. The van der Waals surface area contributed by atoms with Gasteiger partial charge in [0.1, 0.15) is 0 Å². The zero-order valence-corrected chi connectivity index (χ0v) is 8.68. The Morgan fingerprint density at radius 1 is 1.64 bits per heavy atom. The summed E-state index contributed by atoms with van der Waals surface area (Å²) in [7, 11) is 0. The van der Waals surface area contributed by atoms with Gasteiger partial charge in [-0.15, -0.1) is 6.42 Å². The highest BCUT2D eigenvalue weighted by atomic mass is 16.1. The fourth-order valence-electron chi connectivity index (χ4n) is 1.26. The summed E-state index contributed by atoms with van der Waals surface area (Å²) in [5, 5.41) is 5.96. The monoisotopic (exact) mass is 194 g/mol. The smallest absolute Gasteiger partial charge is 0.234 e. The normalized spacial score (nSPS) is 17.1. The van der Waals surface area contributed by atoms with Gasteiger partial charge in [-0.1, -0.05) is 19.3 Å². The lowest BCUT2D eigenvalue weighted by molar-refractivity contribution is -0.120. The maximum Gasteiger partial charge on any atom is 0.234 e. The zero-order chi connectivity index (χ0) is 10.4. The molecule has 1 atom stereocenters. The van der Waals surface area contributed by atoms with Gasteiger partial charge in [-0.05, 0) is 19.3 Å². The van der Waals surface area contributed by atoms with Gasteiger partial charge in [0, 0.05) is 6.04 Å². The third kappa shape index (κ3) is 4.29. The Morgan fingerprint density at radius 3 is 2.86 bits per heavy atom. The number of hydrogen-bond acceptors (Lipinski definition) is 2. The molecule has 0 aromatic rings. The van der Waals surface area contributed by atoms with Crippen LogP contribution < -0.4 is 10.6 Å². The third-order valence-electron chi connectivity index (χ3n) is 2.24. The van der Waals surface area contributed by atoms with Crippen LogP contribution in [0.4, 0.5) is 0 Å². The van der Waals surface area contributed by atoms with Crippen LogP contribution in [0.5, 0.6) is 0 Å². The van der Waals surface area contributed by atoms with Crippen molar-refractivity contribution in [3.8, 4) is 12.3 Å². The van der Waals surface area contributed by atoms with Gasteiger partial charge in [0.15, 0.2) is 0 Å². The SMILES string of the molecule is C#CC(CCC)NC(=O)CNC1CC1. The number of nitrogens with one attached hydrogen (secondary N) is 2. The first-order chi connectivity index (χ1) is 6.76. The first-order valence-electron chi connectivity index (χ1n) is 5.25. The lowest BCUT2D eigenvalue weighted by Gasteiger charge is -2.12. The van der Waals surface area contributed by atoms with Crippen molar-refractivity contribution in [2.45, 2.75) is 44.7 Å². The Labute approximate surface area is 85.6 Å². The van der Waals surface area contributed by atoms with Crippen LogP contribution in [0.25, 0.3) is 0 Å². The van der Waals surface area contributed by atoms with E-state index in [1.165, 1.54) is 12.8 Å². The number of amides is 1. The highest BCUT2D eigenvalue weighted by Gasteiger charge is 2.21. The molecule has 0 spiro atoms. The fourth-order valence-corrected chi connectivity index (χ4v) is 1.26. The average molecular weight is 194 g/mol. The van der Waals surface area contributed by atoms with Crippen LogP contribution >= 0.6 is 0 Å². The molecule has 1 fully saturated rings. The summed E-state index contributed by atoms with van der Waals surface area (Å²) in [6, 6.07) is 0.463. The van der Waals surface area contributed by atoms with E-state index in [0.717, 1.165) is 12.8 Å². The van der Waals surface area contributed by atoms with Crippen LogP contribution in [0.15, 0.2) is 0 Å². The number of carbonyl (C=O) groups excluding carboxylic acids is 1. The molecule has 3 heteroatoms. The number of terminal acetylenes is 1. The van der Waals surface area contributed by atoms with Crippen molar-refractivity contribution in [2.75, 3.05) is 6.54 Å². The van der Waals surface area contributed by atoms with Crippen molar-refractivity contribution >= 4 is 5.91 Å². The van der Waals surface area contributed by atoms with Crippen molar-refractivity contribution in [3.63, 3.8) is 0 Å². The van der Waals surface area contributed by atoms with Gasteiger partial charge in [0.25, 0.3) is 0 Å². The Hall–Kier alpha value is -1.01. The van der Waals surface area contributed by atoms with Gasteiger partial charge in [0.2, 0.25) is 5.91 Å². The summed E-state index contributed by atoms with van der Waals surface area (Å²) in [6.45, 7) is 2.45. The molecule has 0 aliphatic heterocycles. The van der Waals surface area contributed by atoms with Crippen LogP contribution in [0, 0.1) is 12.3 Å². The van der Waals surface area contributed by atoms with Crippen molar-refractivity contribution in [1.82, 2.24) is 10.6 Å². The second-order valence-electron chi connectivity index (χ2n) is 3.73. The van der Waals surface area contributed by atoms with E-state index < -0.39 is 0 Å². The minimum absolute atomic E-state index is 0.00769. The van der Waals surface area contributed by atoms with Crippen LogP contribution in [0.3, 0.4) is 0 Å². The summed E-state index contributed by atoms with van der Waals surface area (Å²) < 4.78 is 0. The van der Waals surface area contributed by atoms with Gasteiger partial charge in [-0.3, -0.25) is 4.79 Å². The molecule has 1 amide bonds. The third-order valence-corrected chi connectivity index (χ3v) is 2.24. The summed E-state index contributed by atoms with van der Waals surface area (Å²) in [5.74, 6) is 2.59. The van der Waals surface area contributed by atoms with Gasteiger partial charge in [-0.25, -0.2) is 0 Å². The standard InChI is InChI=1S/C11H18N2O/c1-3-5-9(4-2)13-11(14)8-12-10-6-7-10/h2,9-10,12H,3,5-8H2,1H3,(H,13,14). The average Bonchev–Trinajstić information content (AvgIpc) is 2.97. The number of rotatable bonds is 6. The molecule has 14 heavy (non-hydrogen) atoms. The Balaban J connectivity index is 2.13. The molecular weight excluding hydrogens is 176 g/mol.